The average Bonchev–Trinajstić information content (AvgIpc) is 3.11. The predicted octanol–water partition coefficient (Wildman–Crippen LogP) is 3.13. The van der Waals surface area contributed by atoms with E-state index in [0.717, 1.165) is 50.8 Å². The largest absolute Gasteiger partial charge is 0.446 e. The minimum atomic E-state index is -0.381. The molecule has 5 aliphatic rings. The van der Waals surface area contributed by atoms with Crippen LogP contribution >= 0.6 is 11.6 Å². The van der Waals surface area contributed by atoms with E-state index < -0.39 is 0 Å². The quantitative estimate of drug-likeness (QED) is 0.813. The molecule has 1 saturated heterocycles. The Bertz CT molecular complexity index is 819. The number of nitrogens with two attached hydrogens (primary N) is 1. The van der Waals surface area contributed by atoms with Gasteiger partial charge in [-0.25, -0.2) is 14.8 Å². The maximum Gasteiger partial charge on any atom is 0.410 e. The lowest BCUT2D eigenvalue weighted by molar-refractivity contribution is -0.134. The summed E-state index contributed by atoms with van der Waals surface area (Å²) in [6, 6.07) is 0. The van der Waals surface area contributed by atoms with Crippen LogP contribution in [-0.2, 0) is 9.53 Å². The molecule has 0 aromatic carbocycles. The molecule has 0 radical (unpaired) electrons. The number of rotatable bonds is 3. The van der Waals surface area contributed by atoms with Crippen LogP contribution in [0.1, 0.15) is 56.7 Å². The highest BCUT2D eigenvalue weighted by molar-refractivity contribution is 6.30. The predicted molar refractivity (Wildman–Crippen MR) is 106 cm³/mol. The summed E-state index contributed by atoms with van der Waals surface area (Å²) in [7, 11) is 0. The topological polar surface area (TPSA) is 98.4 Å². The van der Waals surface area contributed by atoms with E-state index in [1.165, 1.54) is 0 Å². The molecule has 1 aliphatic heterocycles. The zero-order chi connectivity index (χ0) is 20.2. The van der Waals surface area contributed by atoms with Crippen LogP contribution in [0, 0.1) is 23.2 Å². The monoisotopic (exact) mass is 418 g/mol. The molecule has 6 atom stereocenters. The van der Waals surface area contributed by atoms with Crippen LogP contribution in [0.25, 0.3) is 0 Å². The van der Waals surface area contributed by atoms with Gasteiger partial charge in [-0.05, 0) is 62.7 Å². The first-order valence-electron chi connectivity index (χ1n) is 10.7. The van der Waals surface area contributed by atoms with Crippen LogP contribution in [0.5, 0.6) is 0 Å². The SMILES string of the molecule is NC(=O)C12CCC3CC(CC(C1)C3OC(=O)N1CCC(c3ncc(Cl)cn3)C1)C2. The molecule has 4 aliphatic carbocycles. The summed E-state index contributed by atoms with van der Waals surface area (Å²) in [5.41, 5.74) is 5.43. The fourth-order valence-corrected chi connectivity index (χ4v) is 6.53. The lowest BCUT2D eigenvalue weighted by Gasteiger charge is -2.47. The Kier molecular flexibility index (Phi) is 4.68. The molecule has 5 fully saturated rings. The van der Waals surface area contributed by atoms with E-state index in [2.05, 4.69) is 9.97 Å². The smallest absolute Gasteiger partial charge is 0.410 e. The lowest BCUT2D eigenvalue weighted by Crippen LogP contribution is -2.49. The van der Waals surface area contributed by atoms with Crippen LogP contribution < -0.4 is 5.73 Å². The highest BCUT2D eigenvalue weighted by Gasteiger charge is 2.55. The van der Waals surface area contributed by atoms with E-state index in [1.807, 2.05) is 0 Å². The van der Waals surface area contributed by atoms with Crippen LogP contribution in [-0.4, -0.2) is 46.1 Å². The van der Waals surface area contributed by atoms with Gasteiger partial charge >= 0.3 is 6.09 Å². The molecular weight excluding hydrogens is 392 g/mol. The average molecular weight is 419 g/mol. The van der Waals surface area contributed by atoms with Crippen molar-refractivity contribution in [1.29, 1.82) is 0 Å². The number of primary amides is 1. The molecule has 4 saturated carbocycles. The summed E-state index contributed by atoms with van der Waals surface area (Å²) in [6.07, 6.45) is 9.23. The summed E-state index contributed by atoms with van der Waals surface area (Å²) < 4.78 is 6.09. The summed E-state index contributed by atoms with van der Waals surface area (Å²) in [5, 5.41) is 0.509. The first-order chi connectivity index (χ1) is 13.9. The fraction of sp³-hybridized carbons (Fsp3) is 0.714. The van der Waals surface area contributed by atoms with Gasteiger partial charge in [0.2, 0.25) is 5.91 Å². The Labute approximate surface area is 175 Å². The maximum absolute atomic E-state index is 12.9. The number of hydrogen-bond donors (Lipinski definition) is 1. The second-order valence-corrected chi connectivity index (χ2v) is 9.92. The third-order valence-corrected chi connectivity index (χ3v) is 7.93. The van der Waals surface area contributed by atoms with Gasteiger partial charge in [-0.2, -0.15) is 0 Å². The van der Waals surface area contributed by atoms with Crippen molar-refractivity contribution in [2.24, 2.45) is 28.9 Å². The van der Waals surface area contributed by atoms with Gasteiger partial charge in [-0.1, -0.05) is 11.6 Å². The molecule has 4 bridgehead atoms. The van der Waals surface area contributed by atoms with E-state index in [-0.39, 0.29) is 35.4 Å². The van der Waals surface area contributed by atoms with Gasteiger partial charge in [0.1, 0.15) is 11.9 Å². The molecule has 2 amide bonds. The van der Waals surface area contributed by atoms with E-state index in [4.69, 9.17) is 22.1 Å². The normalized spacial score (nSPS) is 38.1. The van der Waals surface area contributed by atoms with Gasteiger partial charge < -0.3 is 15.4 Å². The lowest BCUT2D eigenvalue weighted by atomic mass is 9.60. The van der Waals surface area contributed by atoms with Crippen LogP contribution in [0.2, 0.25) is 5.02 Å². The highest BCUT2D eigenvalue weighted by Crippen LogP contribution is 2.57. The number of ether oxygens (including phenoxy) is 1. The number of carbonyl (C=O) groups is 2. The molecule has 156 valence electrons. The van der Waals surface area contributed by atoms with Gasteiger partial charge in [-0.3, -0.25) is 4.79 Å². The Hall–Kier alpha value is -1.89. The maximum atomic E-state index is 12.9. The van der Waals surface area contributed by atoms with Crippen LogP contribution in [0.15, 0.2) is 12.4 Å². The number of fused-ring (bicyclic) bond motifs is 1. The summed E-state index contributed by atoms with van der Waals surface area (Å²) in [4.78, 5) is 35.5. The zero-order valence-electron chi connectivity index (χ0n) is 16.4. The minimum Gasteiger partial charge on any atom is -0.446 e. The standard InChI is InChI=1S/C21H27ClN4O3/c22-16-9-24-18(25-10-16)14-2-4-26(11-14)20(28)29-17-13-1-3-21(19(23)27)7-12(5-13)6-15(17)8-21/h9-10,12-15,17H,1-8,11H2,(H2,23,27). The van der Waals surface area contributed by atoms with Gasteiger partial charge in [-0.15, -0.1) is 0 Å². The molecule has 2 N–H and O–H groups in total. The van der Waals surface area contributed by atoms with E-state index >= 15 is 0 Å². The summed E-state index contributed by atoms with van der Waals surface area (Å²) >= 11 is 5.87. The van der Waals surface area contributed by atoms with E-state index in [9.17, 15) is 9.59 Å². The highest BCUT2D eigenvalue weighted by atomic mass is 35.5. The number of aromatic nitrogens is 2. The number of halogens is 1. The Morgan fingerprint density at radius 1 is 1.17 bits per heavy atom. The number of carbonyl (C=O) groups excluding carboxylic acids is 2. The number of nitrogens with zero attached hydrogens (tertiary/aromatic N) is 3. The third kappa shape index (κ3) is 3.37. The van der Waals surface area contributed by atoms with Gasteiger partial charge in [0.25, 0.3) is 0 Å². The van der Waals surface area contributed by atoms with Crippen molar-refractivity contribution < 1.29 is 14.3 Å². The Morgan fingerprint density at radius 2 is 1.93 bits per heavy atom. The molecule has 8 heteroatoms. The molecule has 1 aromatic heterocycles. The summed E-state index contributed by atoms with van der Waals surface area (Å²) in [5.74, 6) is 1.82. The van der Waals surface area contributed by atoms with Crippen molar-refractivity contribution in [1.82, 2.24) is 14.9 Å². The van der Waals surface area contributed by atoms with Crippen molar-refractivity contribution in [3.63, 3.8) is 0 Å². The summed E-state index contributed by atoms with van der Waals surface area (Å²) in [6.45, 7) is 1.21. The van der Waals surface area contributed by atoms with E-state index in [1.54, 1.807) is 17.3 Å². The Balaban J connectivity index is 1.26. The molecule has 6 unspecified atom stereocenters. The second-order valence-electron chi connectivity index (χ2n) is 9.49. The van der Waals surface area contributed by atoms with E-state index in [0.29, 0.717) is 29.9 Å². The minimum absolute atomic E-state index is 0.0916. The first-order valence-corrected chi connectivity index (χ1v) is 11.0. The molecule has 1 aromatic rings. The zero-order valence-corrected chi connectivity index (χ0v) is 17.2. The molecule has 2 heterocycles. The van der Waals surface area contributed by atoms with Gasteiger partial charge in [0.05, 0.1) is 5.02 Å². The van der Waals surface area contributed by atoms with Crippen molar-refractivity contribution in [2.45, 2.75) is 57.0 Å². The van der Waals surface area contributed by atoms with Crippen LogP contribution in [0.4, 0.5) is 4.79 Å². The van der Waals surface area contributed by atoms with Crippen molar-refractivity contribution in [3.05, 3.63) is 23.2 Å². The Morgan fingerprint density at radius 3 is 2.69 bits per heavy atom. The fourth-order valence-electron chi connectivity index (χ4n) is 6.44. The van der Waals surface area contributed by atoms with Crippen molar-refractivity contribution in [2.75, 3.05) is 13.1 Å². The molecule has 29 heavy (non-hydrogen) atoms. The first kappa shape index (κ1) is 19.1. The van der Waals surface area contributed by atoms with Crippen molar-refractivity contribution in [3.8, 4) is 0 Å². The molecule has 7 nitrogen and oxygen atoms in total. The van der Waals surface area contributed by atoms with Gasteiger partial charge in [0.15, 0.2) is 0 Å². The number of hydrogen-bond acceptors (Lipinski definition) is 5. The molecule has 0 spiro atoms. The number of amides is 2. The molecule has 6 rings (SSSR count). The van der Waals surface area contributed by atoms with Gasteiger partial charge in [0, 0.05) is 36.8 Å². The second kappa shape index (κ2) is 7.11. The van der Waals surface area contributed by atoms with Crippen LogP contribution in [0.3, 0.4) is 0 Å². The van der Waals surface area contributed by atoms with Crippen molar-refractivity contribution >= 4 is 23.6 Å². The molecular formula is C21H27ClN4O3. The number of likely N-dealkylation sites (tertiary alicyclic amines) is 1. The third-order valence-electron chi connectivity index (χ3n) is 7.74.